The standard InChI is InChI=1S/C25H26ClN5O/c1-18-7-8-20(15-22(18)26)31-16-21(19-5-3-2-4-6-19)23-24(28-17-29-25(23)31)27-9-10-30-11-13-32-14-12-30/h2-8,15-17H,9-14H2,1H3,(H,27,28,29). The molecule has 164 valence electrons. The van der Waals surface area contributed by atoms with Crippen LogP contribution in [0.3, 0.4) is 0 Å². The fourth-order valence-electron chi connectivity index (χ4n) is 4.12. The molecule has 0 bridgehead atoms. The predicted octanol–water partition coefficient (Wildman–Crippen LogP) is 4.79. The first-order chi connectivity index (χ1) is 15.7. The number of nitrogens with zero attached hydrogens (tertiary/aromatic N) is 4. The number of halogens is 1. The lowest BCUT2D eigenvalue weighted by Crippen LogP contribution is -2.39. The molecule has 1 aliphatic heterocycles. The largest absolute Gasteiger partial charge is 0.379 e. The number of anilines is 1. The molecule has 1 aliphatic rings. The fraction of sp³-hybridized carbons (Fsp3) is 0.280. The van der Waals surface area contributed by atoms with Crippen LogP contribution in [0.25, 0.3) is 27.8 Å². The van der Waals surface area contributed by atoms with Crippen molar-refractivity contribution in [3.05, 3.63) is 71.6 Å². The van der Waals surface area contributed by atoms with Gasteiger partial charge in [0.2, 0.25) is 0 Å². The summed E-state index contributed by atoms with van der Waals surface area (Å²) in [6.07, 6.45) is 3.75. The highest BCUT2D eigenvalue weighted by molar-refractivity contribution is 6.31. The zero-order valence-corrected chi connectivity index (χ0v) is 18.8. The van der Waals surface area contributed by atoms with Crippen molar-refractivity contribution >= 4 is 28.5 Å². The lowest BCUT2D eigenvalue weighted by atomic mass is 10.1. The Bertz CT molecular complexity index is 1220. The summed E-state index contributed by atoms with van der Waals surface area (Å²) in [7, 11) is 0. The Kier molecular flexibility index (Phi) is 6.08. The number of fused-ring (bicyclic) bond motifs is 1. The van der Waals surface area contributed by atoms with Crippen LogP contribution in [0, 0.1) is 6.92 Å². The number of hydrogen-bond donors (Lipinski definition) is 1. The maximum atomic E-state index is 6.44. The molecule has 0 atom stereocenters. The van der Waals surface area contributed by atoms with Crippen LogP contribution in [0.2, 0.25) is 5.02 Å². The van der Waals surface area contributed by atoms with Crippen LogP contribution in [0.5, 0.6) is 0 Å². The van der Waals surface area contributed by atoms with E-state index in [-0.39, 0.29) is 0 Å². The summed E-state index contributed by atoms with van der Waals surface area (Å²) in [5.41, 5.74) is 5.10. The van der Waals surface area contributed by atoms with Crippen molar-refractivity contribution in [1.82, 2.24) is 19.4 Å². The van der Waals surface area contributed by atoms with Crippen LogP contribution in [0.15, 0.2) is 61.1 Å². The Morgan fingerprint density at radius 3 is 2.66 bits per heavy atom. The first-order valence-corrected chi connectivity index (χ1v) is 11.3. The van der Waals surface area contributed by atoms with E-state index < -0.39 is 0 Å². The molecule has 4 aromatic rings. The van der Waals surface area contributed by atoms with Crippen LogP contribution < -0.4 is 5.32 Å². The zero-order chi connectivity index (χ0) is 21.9. The number of nitrogens with one attached hydrogen (secondary N) is 1. The summed E-state index contributed by atoms with van der Waals surface area (Å²) in [5.74, 6) is 0.846. The van der Waals surface area contributed by atoms with E-state index in [0.717, 1.165) is 83.6 Å². The molecule has 7 heteroatoms. The third-order valence-corrected chi connectivity index (χ3v) is 6.33. The third-order valence-electron chi connectivity index (χ3n) is 5.93. The Morgan fingerprint density at radius 1 is 1.06 bits per heavy atom. The van der Waals surface area contributed by atoms with E-state index in [2.05, 4.69) is 61.3 Å². The highest BCUT2D eigenvalue weighted by atomic mass is 35.5. The van der Waals surface area contributed by atoms with Crippen molar-refractivity contribution in [2.75, 3.05) is 44.7 Å². The minimum atomic E-state index is 0.739. The van der Waals surface area contributed by atoms with Crippen molar-refractivity contribution in [2.45, 2.75) is 6.92 Å². The Labute approximate surface area is 192 Å². The average molecular weight is 448 g/mol. The van der Waals surface area contributed by atoms with Crippen LogP contribution in [0.4, 0.5) is 5.82 Å². The molecule has 1 N–H and O–H groups in total. The molecule has 0 amide bonds. The summed E-state index contributed by atoms with van der Waals surface area (Å²) < 4.78 is 7.55. The molecule has 0 spiro atoms. The second-order valence-electron chi connectivity index (χ2n) is 8.01. The van der Waals surface area contributed by atoms with Crippen LogP contribution >= 0.6 is 11.6 Å². The van der Waals surface area contributed by atoms with E-state index in [9.17, 15) is 0 Å². The SMILES string of the molecule is Cc1ccc(-n2cc(-c3ccccc3)c3c(NCCN4CCOCC4)ncnc32)cc1Cl. The van der Waals surface area contributed by atoms with Crippen molar-refractivity contribution in [3.8, 4) is 16.8 Å². The van der Waals surface area contributed by atoms with Gasteiger partial charge in [0.25, 0.3) is 0 Å². The maximum absolute atomic E-state index is 6.44. The average Bonchev–Trinajstić information content (AvgIpc) is 3.23. The smallest absolute Gasteiger partial charge is 0.150 e. The molecular weight excluding hydrogens is 422 g/mol. The van der Waals surface area contributed by atoms with Crippen molar-refractivity contribution < 1.29 is 4.74 Å². The molecular formula is C25H26ClN5O. The monoisotopic (exact) mass is 447 g/mol. The minimum absolute atomic E-state index is 0.739. The molecule has 1 saturated heterocycles. The highest BCUT2D eigenvalue weighted by Crippen LogP contribution is 2.35. The minimum Gasteiger partial charge on any atom is -0.379 e. The summed E-state index contributed by atoms with van der Waals surface area (Å²) >= 11 is 6.44. The Morgan fingerprint density at radius 2 is 1.88 bits per heavy atom. The van der Waals surface area contributed by atoms with Gasteiger partial charge >= 0.3 is 0 Å². The van der Waals surface area contributed by atoms with Crippen LogP contribution in [0.1, 0.15) is 5.56 Å². The Hall–Kier alpha value is -2.93. The fourth-order valence-corrected chi connectivity index (χ4v) is 4.29. The molecule has 6 nitrogen and oxygen atoms in total. The number of benzene rings is 2. The van der Waals surface area contributed by atoms with E-state index in [1.54, 1.807) is 6.33 Å². The molecule has 32 heavy (non-hydrogen) atoms. The number of aryl methyl sites for hydroxylation is 1. The van der Waals surface area contributed by atoms with Gasteiger partial charge in [-0.3, -0.25) is 4.90 Å². The van der Waals surface area contributed by atoms with Gasteiger partial charge in [-0.2, -0.15) is 0 Å². The first kappa shape index (κ1) is 20.9. The van der Waals surface area contributed by atoms with Gasteiger partial charge in [0.15, 0.2) is 5.65 Å². The van der Waals surface area contributed by atoms with Gasteiger partial charge in [-0.1, -0.05) is 48.0 Å². The van der Waals surface area contributed by atoms with Gasteiger partial charge in [0.05, 0.1) is 18.6 Å². The maximum Gasteiger partial charge on any atom is 0.150 e. The number of morpholine rings is 1. The quantitative estimate of drug-likeness (QED) is 0.460. The van der Waals surface area contributed by atoms with Crippen molar-refractivity contribution in [3.63, 3.8) is 0 Å². The molecule has 0 unspecified atom stereocenters. The van der Waals surface area contributed by atoms with Gasteiger partial charge in [-0.25, -0.2) is 9.97 Å². The van der Waals surface area contributed by atoms with E-state index in [4.69, 9.17) is 16.3 Å². The predicted molar refractivity (Wildman–Crippen MR) is 130 cm³/mol. The van der Waals surface area contributed by atoms with E-state index >= 15 is 0 Å². The number of hydrogen-bond acceptors (Lipinski definition) is 5. The van der Waals surface area contributed by atoms with Crippen molar-refractivity contribution in [1.29, 1.82) is 0 Å². The number of rotatable bonds is 6. The van der Waals surface area contributed by atoms with Crippen LogP contribution in [-0.2, 0) is 4.74 Å². The lowest BCUT2D eigenvalue weighted by Gasteiger charge is -2.26. The molecule has 2 aromatic heterocycles. The van der Waals surface area contributed by atoms with E-state index in [1.807, 2.05) is 25.1 Å². The molecule has 0 radical (unpaired) electrons. The third kappa shape index (κ3) is 4.21. The molecule has 2 aromatic carbocycles. The van der Waals surface area contributed by atoms with Gasteiger partial charge in [0.1, 0.15) is 12.1 Å². The van der Waals surface area contributed by atoms with Gasteiger partial charge in [-0.05, 0) is 30.2 Å². The van der Waals surface area contributed by atoms with Crippen molar-refractivity contribution in [2.24, 2.45) is 0 Å². The number of aromatic nitrogens is 3. The lowest BCUT2D eigenvalue weighted by molar-refractivity contribution is 0.0398. The van der Waals surface area contributed by atoms with E-state index in [0.29, 0.717) is 0 Å². The summed E-state index contributed by atoms with van der Waals surface area (Å²) in [6, 6.07) is 16.5. The second-order valence-corrected chi connectivity index (χ2v) is 8.42. The molecule has 3 heterocycles. The van der Waals surface area contributed by atoms with Gasteiger partial charge < -0.3 is 14.6 Å². The molecule has 5 rings (SSSR count). The highest BCUT2D eigenvalue weighted by Gasteiger charge is 2.18. The number of ether oxygens (including phenoxy) is 1. The normalized spacial score (nSPS) is 14.7. The summed E-state index contributed by atoms with van der Waals surface area (Å²) in [5, 5.41) is 5.31. The van der Waals surface area contributed by atoms with E-state index in [1.165, 1.54) is 0 Å². The van der Waals surface area contributed by atoms with Gasteiger partial charge in [-0.15, -0.1) is 0 Å². The topological polar surface area (TPSA) is 55.2 Å². The van der Waals surface area contributed by atoms with Gasteiger partial charge in [0, 0.05) is 48.6 Å². The Balaban J connectivity index is 1.55. The molecule has 0 aliphatic carbocycles. The summed E-state index contributed by atoms with van der Waals surface area (Å²) in [4.78, 5) is 11.7. The van der Waals surface area contributed by atoms with Crippen LogP contribution in [-0.4, -0.2) is 58.8 Å². The first-order valence-electron chi connectivity index (χ1n) is 10.9. The summed E-state index contributed by atoms with van der Waals surface area (Å²) in [6.45, 7) is 7.32. The zero-order valence-electron chi connectivity index (χ0n) is 18.1. The molecule has 0 saturated carbocycles. The second kappa shape index (κ2) is 9.28. The molecule has 1 fully saturated rings.